The highest BCUT2D eigenvalue weighted by Crippen LogP contribution is 2.45. The fraction of sp³-hybridized carbons (Fsp3) is 0.947. The maximum Gasteiger partial charge on any atom is 0.120 e. The van der Waals surface area contributed by atoms with Crippen LogP contribution in [0.15, 0.2) is 0 Å². The number of aliphatic hydroxyl groups is 1. The fourth-order valence-electron chi connectivity index (χ4n) is 3.40. The average Bonchev–Trinajstić information content (AvgIpc) is 3.21. The van der Waals surface area contributed by atoms with Crippen LogP contribution in [0.25, 0.3) is 0 Å². The summed E-state index contributed by atoms with van der Waals surface area (Å²) in [7, 11) is 0. The normalized spacial score (nSPS) is 22.2. The lowest BCUT2D eigenvalue weighted by atomic mass is 10.0. The Labute approximate surface area is 131 Å². The lowest BCUT2D eigenvalue weighted by Crippen LogP contribution is -2.08. The van der Waals surface area contributed by atoms with Crippen molar-refractivity contribution in [2.75, 3.05) is 0 Å². The van der Waals surface area contributed by atoms with E-state index in [9.17, 15) is 9.90 Å². The predicted octanol–water partition coefficient (Wildman–Crippen LogP) is 5.27. The molecule has 1 aliphatic carbocycles. The molecular formula is C19H36O2. The number of rotatable bonds is 15. The van der Waals surface area contributed by atoms with Gasteiger partial charge in [0.1, 0.15) is 6.29 Å². The van der Waals surface area contributed by atoms with E-state index >= 15 is 0 Å². The molecule has 124 valence electrons. The largest absolute Gasteiger partial charge is 0.393 e. The minimum atomic E-state index is -0.242. The Balaban J connectivity index is 1.82. The molecule has 1 aliphatic rings. The molecule has 0 aliphatic heterocycles. The van der Waals surface area contributed by atoms with E-state index in [-0.39, 0.29) is 6.10 Å². The Bertz CT molecular complexity index is 252. The molecule has 0 amide bonds. The van der Waals surface area contributed by atoms with Crippen molar-refractivity contribution in [1.29, 1.82) is 0 Å². The van der Waals surface area contributed by atoms with Gasteiger partial charge >= 0.3 is 0 Å². The Kier molecular flexibility index (Phi) is 10.9. The average molecular weight is 296 g/mol. The lowest BCUT2D eigenvalue weighted by Gasteiger charge is -2.08. The first kappa shape index (κ1) is 18.7. The molecule has 3 atom stereocenters. The van der Waals surface area contributed by atoms with Crippen molar-refractivity contribution in [2.45, 2.75) is 103 Å². The molecule has 2 heteroatoms. The van der Waals surface area contributed by atoms with E-state index in [0.717, 1.165) is 24.5 Å². The van der Waals surface area contributed by atoms with Crippen LogP contribution < -0.4 is 0 Å². The van der Waals surface area contributed by atoms with Gasteiger partial charge in [0.15, 0.2) is 0 Å². The predicted molar refractivity (Wildman–Crippen MR) is 89.4 cm³/mol. The Morgan fingerprint density at radius 2 is 1.62 bits per heavy atom. The molecule has 1 rings (SSSR count). The van der Waals surface area contributed by atoms with Gasteiger partial charge in [-0.25, -0.2) is 0 Å². The zero-order valence-corrected chi connectivity index (χ0v) is 14.1. The molecule has 0 aromatic rings. The van der Waals surface area contributed by atoms with Crippen LogP contribution in [-0.4, -0.2) is 17.5 Å². The number of carbonyl (C=O) groups excluding carboxylic acids is 1. The zero-order valence-electron chi connectivity index (χ0n) is 14.1. The first-order valence-electron chi connectivity index (χ1n) is 9.39. The van der Waals surface area contributed by atoms with Crippen molar-refractivity contribution in [3.8, 4) is 0 Å². The highest BCUT2D eigenvalue weighted by Gasteiger charge is 2.37. The first-order valence-corrected chi connectivity index (χ1v) is 9.39. The summed E-state index contributed by atoms with van der Waals surface area (Å²) in [5.74, 6) is 1.63. The molecule has 0 aromatic heterocycles. The maximum absolute atomic E-state index is 10.3. The highest BCUT2D eigenvalue weighted by atomic mass is 16.3. The molecule has 1 fully saturated rings. The maximum atomic E-state index is 10.3. The third-order valence-electron chi connectivity index (χ3n) is 4.94. The van der Waals surface area contributed by atoms with E-state index in [2.05, 4.69) is 6.92 Å². The van der Waals surface area contributed by atoms with E-state index < -0.39 is 0 Å². The number of hydrogen-bond acceptors (Lipinski definition) is 2. The third-order valence-corrected chi connectivity index (χ3v) is 4.94. The van der Waals surface area contributed by atoms with Crippen LogP contribution in [0.2, 0.25) is 0 Å². The fourth-order valence-corrected chi connectivity index (χ4v) is 3.40. The van der Waals surface area contributed by atoms with Crippen LogP contribution in [0.1, 0.15) is 96.8 Å². The summed E-state index contributed by atoms with van der Waals surface area (Å²) >= 11 is 0. The Morgan fingerprint density at radius 3 is 2.24 bits per heavy atom. The summed E-state index contributed by atoms with van der Waals surface area (Å²) < 4.78 is 0. The summed E-state index contributed by atoms with van der Waals surface area (Å²) in [6.45, 7) is 2.27. The van der Waals surface area contributed by atoms with Crippen molar-refractivity contribution >= 4 is 6.29 Å². The quantitative estimate of drug-likeness (QED) is 0.330. The monoisotopic (exact) mass is 296 g/mol. The molecule has 0 radical (unpaired) electrons. The number of carbonyl (C=O) groups is 1. The second-order valence-electron chi connectivity index (χ2n) is 7.01. The molecule has 0 spiro atoms. The molecule has 21 heavy (non-hydrogen) atoms. The number of aldehydes is 1. The van der Waals surface area contributed by atoms with Crippen molar-refractivity contribution < 1.29 is 9.90 Å². The third kappa shape index (κ3) is 10.1. The summed E-state index contributed by atoms with van der Waals surface area (Å²) in [4.78, 5) is 10.3. The molecular weight excluding hydrogens is 260 g/mol. The molecule has 1 saturated carbocycles. The first-order chi connectivity index (χ1) is 10.3. The SMILES string of the molecule is CCCCCCCCCCCC1CC1CC(O)CCC=O. The van der Waals surface area contributed by atoms with Crippen LogP contribution in [0, 0.1) is 11.8 Å². The van der Waals surface area contributed by atoms with E-state index in [0.29, 0.717) is 12.8 Å². The van der Waals surface area contributed by atoms with Gasteiger partial charge in [0.05, 0.1) is 6.10 Å². The van der Waals surface area contributed by atoms with Gasteiger partial charge in [0, 0.05) is 6.42 Å². The molecule has 1 N–H and O–H groups in total. The smallest absolute Gasteiger partial charge is 0.120 e. The minimum Gasteiger partial charge on any atom is -0.393 e. The van der Waals surface area contributed by atoms with E-state index in [4.69, 9.17) is 0 Å². The Morgan fingerprint density at radius 1 is 1.00 bits per heavy atom. The van der Waals surface area contributed by atoms with Gasteiger partial charge in [-0.05, 0) is 31.1 Å². The second kappa shape index (κ2) is 12.2. The van der Waals surface area contributed by atoms with Gasteiger partial charge in [-0.15, -0.1) is 0 Å². The van der Waals surface area contributed by atoms with Crippen LogP contribution in [-0.2, 0) is 4.79 Å². The van der Waals surface area contributed by atoms with Crippen molar-refractivity contribution in [1.82, 2.24) is 0 Å². The van der Waals surface area contributed by atoms with Crippen molar-refractivity contribution in [2.24, 2.45) is 11.8 Å². The summed E-state index contributed by atoms with van der Waals surface area (Å²) in [5.41, 5.74) is 0. The van der Waals surface area contributed by atoms with Gasteiger partial charge in [-0.2, -0.15) is 0 Å². The summed E-state index contributed by atoms with van der Waals surface area (Å²) in [6.07, 6.45) is 18.1. The lowest BCUT2D eigenvalue weighted by molar-refractivity contribution is -0.108. The molecule has 0 heterocycles. The van der Waals surface area contributed by atoms with Crippen LogP contribution >= 0.6 is 0 Å². The van der Waals surface area contributed by atoms with Crippen molar-refractivity contribution in [3.63, 3.8) is 0 Å². The topological polar surface area (TPSA) is 37.3 Å². The summed E-state index contributed by atoms with van der Waals surface area (Å²) in [6, 6.07) is 0. The van der Waals surface area contributed by atoms with Gasteiger partial charge in [0.25, 0.3) is 0 Å². The van der Waals surface area contributed by atoms with Gasteiger partial charge in [-0.3, -0.25) is 0 Å². The molecule has 2 nitrogen and oxygen atoms in total. The molecule has 0 saturated heterocycles. The number of unbranched alkanes of at least 4 members (excludes halogenated alkanes) is 8. The van der Waals surface area contributed by atoms with Gasteiger partial charge in [0.2, 0.25) is 0 Å². The van der Waals surface area contributed by atoms with Crippen molar-refractivity contribution in [3.05, 3.63) is 0 Å². The summed E-state index contributed by atoms with van der Waals surface area (Å²) in [5, 5.41) is 9.78. The standard InChI is InChI=1S/C19H36O2/c1-2-3-4-5-6-7-8-9-10-12-17-15-18(17)16-19(21)13-11-14-20/h14,17-19,21H,2-13,15-16H2,1H3. The number of aliphatic hydroxyl groups excluding tert-OH is 1. The molecule has 0 bridgehead atoms. The van der Waals surface area contributed by atoms with E-state index in [1.807, 2.05) is 0 Å². The Hall–Kier alpha value is -0.370. The highest BCUT2D eigenvalue weighted by molar-refractivity contribution is 5.49. The van der Waals surface area contributed by atoms with Gasteiger partial charge in [-0.1, -0.05) is 71.1 Å². The number of hydrogen-bond donors (Lipinski definition) is 1. The minimum absolute atomic E-state index is 0.242. The van der Waals surface area contributed by atoms with E-state index in [1.165, 1.54) is 70.6 Å². The van der Waals surface area contributed by atoms with Crippen LogP contribution in [0.3, 0.4) is 0 Å². The van der Waals surface area contributed by atoms with Crippen LogP contribution in [0.5, 0.6) is 0 Å². The van der Waals surface area contributed by atoms with Gasteiger partial charge < -0.3 is 9.90 Å². The zero-order chi connectivity index (χ0) is 15.3. The van der Waals surface area contributed by atoms with Crippen LogP contribution in [0.4, 0.5) is 0 Å². The van der Waals surface area contributed by atoms with E-state index in [1.54, 1.807) is 0 Å². The molecule has 3 unspecified atom stereocenters. The second-order valence-corrected chi connectivity index (χ2v) is 7.01. The molecule has 0 aromatic carbocycles.